The molecule has 0 saturated carbocycles. The highest BCUT2D eigenvalue weighted by atomic mass is 32.1. The van der Waals surface area contributed by atoms with Crippen molar-refractivity contribution < 1.29 is 0 Å². The van der Waals surface area contributed by atoms with Crippen molar-refractivity contribution in [3.8, 4) is 22.5 Å². The molecule has 6 aromatic rings. The molecule has 4 N–H and O–H groups in total. The van der Waals surface area contributed by atoms with Crippen LogP contribution in [0.1, 0.15) is 47.8 Å². The first kappa shape index (κ1) is 25.4. The molecule has 14 heteroatoms. The zero-order chi connectivity index (χ0) is 28.0. The Hall–Kier alpha value is -4.56. The second-order valence-corrected chi connectivity index (χ2v) is 12.6. The van der Waals surface area contributed by atoms with Crippen molar-refractivity contribution in [2.24, 2.45) is 0 Å². The monoisotopic (exact) mass is 582 g/mol. The van der Waals surface area contributed by atoms with Crippen LogP contribution in [0.5, 0.6) is 0 Å². The third kappa shape index (κ3) is 4.85. The molecule has 0 saturated heterocycles. The Kier molecular flexibility index (Phi) is 6.27. The number of aromatic nitrogens is 10. The molecule has 0 bridgehead atoms. The highest BCUT2D eigenvalue weighted by molar-refractivity contribution is 7.16. The SMILES string of the molecule is CC1(C)Cc2sc(Nc3ncccn3)nc2-c2cn[nH]c21.CC1Cc2[nH]ncc2-c2nc(Nc3ncccn3)sc21. The van der Waals surface area contributed by atoms with Gasteiger partial charge in [-0.1, -0.05) is 20.8 Å². The van der Waals surface area contributed by atoms with E-state index in [-0.39, 0.29) is 5.41 Å². The first-order valence-electron chi connectivity index (χ1n) is 13.1. The van der Waals surface area contributed by atoms with Gasteiger partial charge in [0.15, 0.2) is 10.3 Å². The molecule has 206 valence electrons. The van der Waals surface area contributed by atoms with Crippen molar-refractivity contribution in [3.63, 3.8) is 0 Å². The number of nitrogens with zero attached hydrogens (tertiary/aromatic N) is 8. The van der Waals surface area contributed by atoms with Crippen LogP contribution in [-0.4, -0.2) is 50.3 Å². The minimum Gasteiger partial charge on any atom is -0.300 e. The molecule has 0 aliphatic heterocycles. The van der Waals surface area contributed by atoms with E-state index in [0.717, 1.165) is 57.0 Å². The highest BCUT2D eigenvalue weighted by Crippen LogP contribution is 2.45. The highest BCUT2D eigenvalue weighted by Gasteiger charge is 2.35. The number of H-pyrrole nitrogens is 2. The predicted molar refractivity (Wildman–Crippen MR) is 159 cm³/mol. The molecule has 0 aromatic carbocycles. The fourth-order valence-corrected chi connectivity index (χ4v) is 7.33. The minimum absolute atomic E-state index is 0.0475. The maximum atomic E-state index is 4.69. The predicted octanol–water partition coefficient (Wildman–Crippen LogP) is 5.63. The van der Waals surface area contributed by atoms with Crippen LogP contribution in [0.15, 0.2) is 49.3 Å². The van der Waals surface area contributed by atoms with Gasteiger partial charge in [-0.15, -0.1) is 22.7 Å². The average molecular weight is 583 g/mol. The van der Waals surface area contributed by atoms with E-state index in [9.17, 15) is 0 Å². The van der Waals surface area contributed by atoms with Crippen LogP contribution in [-0.2, 0) is 18.3 Å². The first-order valence-corrected chi connectivity index (χ1v) is 14.7. The third-order valence-electron chi connectivity index (χ3n) is 7.02. The van der Waals surface area contributed by atoms with Gasteiger partial charge in [-0.3, -0.25) is 10.2 Å². The van der Waals surface area contributed by atoms with Crippen molar-refractivity contribution in [2.45, 2.75) is 44.9 Å². The topological polar surface area (TPSA) is 159 Å². The Bertz CT molecular complexity index is 1800. The Morgan fingerprint density at radius 2 is 1.41 bits per heavy atom. The van der Waals surface area contributed by atoms with E-state index in [1.165, 1.54) is 9.75 Å². The van der Waals surface area contributed by atoms with Crippen LogP contribution >= 0.6 is 22.7 Å². The molecule has 41 heavy (non-hydrogen) atoms. The Labute approximate surface area is 243 Å². The number of hydrogen-bond acceptors (Lipinski definition) is 12. The minimum atomic E-state index is 0.0475. The van der Waals surface area contributed by atoms with Gasteiger partial charge in [-0.2, -0.15) is 10.2 Å². The van der Waals surface area contributed by atoms with Gasteiger partial charge in [0.25, 0.3) is 0 Å². The summed E-state index contributed by atoms with van der Waals surface area (Å²) >= 11 is 3.32. The summed E-state index contributed by atoms with van der Waals surface area (Å²) in [6.07, 6.45) is 12.5. The largest absolute Gasteiger partial charge is 0.300 e. The molecule has 0 amide bonds. The van der Waals surface area contributed by atoms with Gasteiger partial charge in [0.2, 0.25) is 11.9 Å². The molecule has 6 aromatic heterocycles. The number of thiazole rings is 2. The number of nitrogens with one attached hydrogen (secondary N) is 4. The Balaban J connectivity index is 0.000000135. The Morgan fingerprint density at radius 1 is 0.805 bits per heavy atom. The van der Waals surface area contributed by atoms with Crippen molar-refractivity contribution in [1.82, 2.24) is 50.3 Å². The lowest BCUT2D eigenvalue weighted by Crippen LogP contribution is -2.24. The van der Waals surface area contributed by atoms with E-state index in [1.54, 1.807) is 59.6 Å². The number of hydrogen-bond donors (Lipinski definition) is 4. The summed E-state index contributed by atoms with van der Waals surface area (Å²) in [7, 11) is 0. The van der Waals surface area contributed by atoms with Gasteiger partial charge in [0.05, 0.1) is 29.5 Å². The standard InChI is InChI=1S/C14H14N6S.C13H12N6S/c1-14(2)6-9-10(8-7-17-20-11(8)14)18-13(21-9)19-12-15-4-3-5-16-12;1-7-5-9-8(6-16-19-9)10-11(7)20-13(17-10)18-12-14-3-2-4-15-12/h3-5,7H,6H2,1-2H3,(H,17,20)(H,15,16,18,19);2-4,6-7H,5H2,1H3,(H,16,19)(H,14,15,17,18). The molecule has 1 atom stereocenters. The van der Waals surface area contributed by atoms with E-state index < -0.39 is 0 Å². The maximum absolute atomic E-state index is 4.69. The molecule has 12 nitrogen and oxygen atoms in total. The number of anilines is 4. The third-order valence-corrected chi connectivity index (χ3v) is 9.20. The fourth-order valence-electron chi connectivity index (χ4n) is 5.11. The van der Waals surface area contributed by atoms with Crippen molar-refractivity contribution in [3.05, 3.63) is 70.5 Å². The van der Waals surface area contributed by atoms with Gasteiger partial charge >= 0.3 is 0 Å². The van der Waals surface area contributed by atoms with E-state index in [2.05, 4.69) is 76.7 Å². The van der Waals surface area contributed by atoms with E-state index in [1.807, 2.05) is 12.4 Å². The number of aromatic amines is 2. The second kappa shape index (κ2) is 10.1. The van der Waals surface area contributed by atoms with Gasteiger partial charge in [-0.05, 0) is 30.9 Å². The zero-order valence-electron chi connectivity index (χ0n) is 22.5. The second-order valence-electron chi connectivity index (χ2n) is 10.5. The van der Waals surface area contributed by atoms with Gasteiger partial charge in [0.1, 0.15) is 0 Å². The van der Waals surface area contributed by atoms with Crippen LogP contribution in [0.3, 0.4) is 0 Å². The lowest BCUT2D eigenvalue weighted by Gasteiger charge is -2.27. The number of rotatable bonds is 4. The normalized spacial score (nSPS) is 15.9. The fraction of sp³-hybridized carbons (Fsp3) is 0.259. The zero-order valence-corrected chi connectivity index (χ0v) is 24.1. The van der Waals surface area contributed by atoms with E-state index in [0.29, 0.717) is 17.8 Å². The van der Waals surface area contributed by atoms with Crippen LogP contribution in [0.4, 0.5) is 22.2 Å². The first-order chi connectivity index (χ1) is 19.9. The van der Waals surface area contributed by atoms with Gasteiger partial charge in [-0.25, -0.2) is 29.9 Å². The molecular weight excluding hydrogens is 557 g/mol. The molecule has 0 radical (unpaired) electrons. The molecule has 2 aliphatic carbocycles. The lowest BCUT2D eigenvalue weighted by molar-refractivity contribution is 0.503. The van der Waals surface area contributed by atoms with Crippen LogP contribution in [0.25, 0.3) is 22.5 Å². The summed E-state index contributed by atoms with van der Waals surface area (Å²) in [6, 6.07) is 3.58. The molecule has 2 aliphatic rings. The summed E-state index contributed by atoms with van der Waals surface area (Å²) in [5.41, 5.74) is 6.61. The van der Waals surface area contributed by atoms with E-state index in [4.69, 9.17) is 4.98 Å². The van der Waals surface area contributed by atoms with Crippen molar-refractivity contribution >= 4 is 44.8 Å². The maximum Gasteiger partial charge on any atom is 0.228 e. The summed E-state index contributed by atoms with van der Waals surface area (Å²) in [5, 5.41) is 22.4. The quantitative estimate of drug-likeness (QED) is 0.205. The molecule has 8 rings (SSSR count). The molecular formula is C27H26N12S2. The summed E-state index contributed by atoms with van der Waals surface area (Å²) in [4.78, 5) is 28.6. The van der Waals surface area contributed by atoms with Crippen molar-refractivity contribution in [1.29, 1.82) is 0 Å². The van der Waals surface area contributed by atoms with Crippen LogP contribution in [0, 0.1) is 0 Å². The summed E-state index contributed by atoms with van der Waals surface area (Å²) in [6.45, 7) is 6.66. The Morgan fingerprint density at radius 3 is 2.12 bits per heavy atom. The van der Waals surface area contributed by atoms with Crippen molar-refractivity contribution in [2.75, 3.05) is 10.6 Å². The molecule has 0 spiro atoms. The lowest BCUT2D eigenvalue weighted by atomic mass is 9.78. The molecule has 6 heterocycles. The van der Waals surface area contributed by atoms with Gasteiger partial charge in [0, 0.05) is 56.8 Å². The molecule has 0 fully saturated rings. The summed E-state index contributed by atoms with van der Waals surface area (Å²) in [5.74, 6) is 1.58. The number of fused-ring (bicyclic) bond motifs is 6. The average Bonchev–Trinajstić information content (AvgIpc) is 3.76. The van der Waals surface area contributed by atoms with Crippen LogP contribution < -0.4 is 10.6 Å². The summed E-state index contributed by atoms with van der Waals surface area (Å²) < 4.78 is 0. The smallest absolute Gasteiger partial charge is 0.228 e. The van der Waals surface area contributed by atoms with Crippen LogP contribution in [0.2, 0.25) is 0 Å². The van der Waals surface area contributed by atoms with E-state index >= 15 is 0 Å². The molecule has 1 unspecified atom stereocenters. The van der Waals surface area contributed by atoms with Gasteiger partial charge < -0.3 is 10.6 Å².